The molecule has 2 aliphatic heterocycles. The molecule has 33 heavy (non-hydrogen) atoms. The molecule has 9 nitrogen and oxygen atoms in total. The normalized spacial score (nSPS) is 20.3. The first-order chi connectivity index (χ1) is 15.9. The van der Waals surface area contributed by atoms with E-state index in [0.717, 1.165) is 36.3 Å². The van der Waals surface area contributed by atoms with Crippen molar-refractivity contribution < 1.29 is 19.1 Å². The van der Waals surface area contributed by atoms with Gasteiger partial charge in [0.2, 0.25) is 22.9 Å². The summed E-state index contributed by atoms with van der Waals surface area (Å²) in [6, 6.07) is 5.86. The number of carbonyl (C=O) groups excluding carboxylic acids is 3. The number of rotatable bonds is 8. The van der Waals surface area contributed by atoms with Crippen molar-refractivity contribution in [3.63, 3.8) is 0 Å². The molecule has 2 aliphatic rings. The number of thioether (sulfide) groups is 1. The van der Waals surface area contributed by atoms with E-state index in [1.54, 1.807) is 4.90 Å². The topological polar surface area (TPSA) is 114 Å². The zero-order chi connectivity index (χ0) is 23.4. The van der Waals surface area contributed by atoms with E-state index in [9.17, 15) is 14.4 Å². The Morgan fingerprint density at radius 2 is 2.12 bits per heavy atom. The lowest BCUT2D eigenvalue weighted by Crippen LogP contribution is -2.32. The minimum absolute atomic E-state index is 0.0686. The van der Waals surface area contributed by atoms with Crippen LogP contribution in [0.15, 0.2) is 22.5 Å². The van der Waals surface area contributed by atoms with Crippen molar-refractivity contribution in [1.82, 2.24) is 15.5 Å². The van der Waals surface area contributed by atoms with Crippen molar-refractivity contribution in [1.29, 1.82) is 0 Å². The molecule has 2 atom stereocenters. The summed E-state index contributed by atoms with van der Waals surface area (Å²) in [5.74, 6) is -0.648. The van der Waals surface area contributed by atoms with Crippen LogP contribution < -0.4 is 15.5 Å². The first-order valence-corrected chi connectivity index (χ1v) is 12.7. The van der Waals surface area contributed by atoms with Crippen molar-refractivity contribution in [3.05, 3.63) is 29.3 Å². The number of hydrogen-bond acceptors (Lipinski definition) is 8. The Hall–Kier alpha value is -2.50. The maximum Gasteiger partial charge on any atom is 0.231 e. The molecule has 2 fully saturated rings. The van der Waals surface area contributed by atoms with Crippen LogP contribution in [-0.4, -0.2) is 59.5 Å². The van der Waals surface area contributed by atoms with Gasteiger partial charge in [0.25, 0.3) is 0 Å². The molecule has 0 radical (unpaired) electrons. The summed E-state index contributed by atoms with van der Waals surface area (Å²) in [6.07, 6.45) is 2.27. The summed E-state index contributed by atoms with van der Waals surface area (Å²) < 4.78 is 6.08. The number of benzene rings is 1. The third-order valence-corrected chi connectivity index (χ3v) is 7.78. The summed E-state index contributed by atoms with van der Waals surface area (Å²) in [5.41, 5.74) is 3.07. The molecule has 1 aromatic heterocycles. The van der Waals surface area contributed by atoms with Crippen molar-refractivity contribution in [2.75, 3.05) is 35.7 Å². The first-order valence-electron chi connectivity index (χ1n) is 10.9. The fourth-order valence-electron chi connectivity index (χ4n) is 3.76. The highest BCUT2D eigenvalue weighted by molar-refractivity contribution is 8.01. The number of nitrogens with one attached hydrogen (secondary N) is 2. The minimum Gasteiger partial charge on any atom is -0.376 e. The van der Waals surface area contributed by atoms with Crippen LogP contribution in [0.2, 0.25) is 0 Å². The standard InChI is InChI=1S/C22H27N5O4S2/c1-13-5-6-16(8-14(13)2)27-11-15(9-19(27)29)20(30)24-21-25-26-22(33-21)32-12-18(28)23-10-17-4-3-7-31-17/h5-6,8,15,17H,3-4,7,9-12H2,1-2H3,(H,23,28)(H,24,25,30)/t15-,17-/m1/s1. The van der Waals surface area contributed by atoms with Gasteiger partial charge in [0, 0.05) is 31.8 Å². The molecule has 0 aliphatic carbocycles. The molecule has 2 aromatic rings. The summed E-state index contributed by atoms with van der Waals surface area (Å²) in [6.45, 7) is 5.64. The number of ether oxygens (including phenoxy) is 1. The predicted octanol–water partition coefficient (Wildman–Crippen LogP) is 2.53. The fourth-order valence-corrected chi connectivity index (χ4v) is 5.35. The number of hydrogen-bond donors (Lipinski definition) is 2. The lowest BCUT2D eigenvalue weighted by Gasteiger charge is -2.17. The Morgan fingerprint density at radius 3 is 2.88 bits per heavy atom. The number of nitrogens with zero attached hydrogens (tertiary/aromatic N) is 3. The SMILES string of the molecule is Cc1ccc(N2C[C@H](C(=O)Nc3nnc(SCC(=O)NC[C@H]4CCCO4)s3)CC2=O)cc1C. The fraction of sp³-hybridized carbons (Fsp3) is 0.500. The van der Waals surface area contributed by atoms with E-state index in [0.29, 0.717) is 22.6 Å². The summed E-state index contributed by atoms with van der Waals surface area (Å²) >= 11 is 2.48. The van der Waals surface area contributed by atoms with Gasteiger partial charge in [-0.15, -0.1) is 10.2 Å². The number of anilines is 2. The van der Waals surface area contributed by atoms with Gasteiger partial charge >= 0.3 is 0 Å². The van der Waals surface area contributed by atoms with Gasteiger partial charge in [0.05, 0.1) is 17.8 Å². The third kappa shape index (κ3) is 6.10. The Morgan fingerprint density at radius 1 is 1.27 bits per heavy atom. The maximum absolute atomic E-state index is 12.7. The third-order valence-electron chi connectivity index (χ3n) is 5.81. The van der Waals surface area contributed by atoms with E-state index < -0.39 is 5.92 Å². The molecule has 4 rings (SSSR count). The van der Waals surface area contributed by atoms with Crippen LogP contribution in [0.3, 0.4) is 0 Å². The van der Waals surface area contributed by atoms with E-state index in [2.05, 4.69) is 20.8 Å². The number of aryl methyl sites for hydroxylation is 2. The largest absolute Gasteiger partial charge is 0.376 e. The molecular weight excluding hydrogens is 462 g/mol. The molecule has 11 heteroatoms. The van der Waals surface area contributed by atoms with Crippen LogP contribution in [0, 0.1) is 19.8 Å². The molecule has 1 aromatic carbocycles. The number of carbonyl (C=O) groups is 3. The molecule has 2 N–H and O–H groups in total. The highest BCUT2D eigenvalue weighted by atomic mass is 32.2. The second-order valence-electron chi connectivity index (χ2n) is 8.26. The predicted molar refractivity (Wildman–Crippen MR) is 128 cm³/mol. The van der Waals surface area contributed by atoms with Gasteiger partial charge in [-0.25, -0.2) is 0 Å². The van der Waals surface area contributed by atoms with E-state index >= 15 is 0 Å². The average Bonchev–Trinajstić information content (AvgIpc) is 3.54. The summed E-state index contributed by atoms with van der Waals surface area (Å²) in [7, 11) is 0. The second-order valence-corrected chi connectivity index (χ2v) is 10.5. The monoisotopic (exact) mass is 489 g/mol. The molecule has 3 heterocycles. The van der Waals surface area contributed by atoms with Crippen molar-refractivity contribution in [2.45, 2.75) is 43.6 Å². The highest BCUT2D eigenvalue weighted by Gasteiger charge is 2.35. The highest BCUT2D eigenvalue weighted by Crippen LogP contribution is 2.29. The minimum atomic E-state index is -0.456. The molecule has 0 spiro atoms. The van der Waals surface area contributed by atoms with Gasteiger partial charge in [0.15, 0.2) is 4.34 Å². The van der Waals surface area contributed by atoms with E-state index in [1.807, 2.05) is 32.0 Å². The van der Waals surface area contributed by atoms with Crippen molar-refractivity contribution in [3.8, 4) is 0 Å². The molecule has 0 bridgehead atoms. The summed E-state index contributed by atoms with van der Waals surface area (Å²) in [4.78, 5) is 38.9. The zero-order valence-corrected chi connectivity index (χ0v) is 20.3. The number of amides is 3. The van der Waals surface area contributed by atoms with Gasteiger partial charge in [-0.1, -0.05) is 29.2 Å². The smallest absolute Gasteiger partial charge is 0.231 e. The average molecular weight is 490 g/mol. The first kappa shape index (κ1) is 23.7. The molecule has 2 saturated heterocycles. The Kier molecular flexibility index (Phi) is 7.61. The molecular formula is C22H27N5O4S2. The van der Waals surface area contributed by atoms with Gasteiger partial charge in [-0.2, -0.15) is 0 Å². The quantitative estimate of drug-likeness (QED) is 0.433. The Labute approximate surface area is 200 Å². The lowest BCUT2D eigenvalue weighted by molar-refractivity contribution is -0.122. The zero-order valence-electron chi connectivity index (χ0n) is 18.6. The van der Waals surface area contributed by atoms with Crippen LogP contribution >= 0.6 is 23.1 Å². The van der Waals surface area contributed by atoms with Crippen LogP contribution in [-0.2, 0) is 19.1 Å². The molecule has 176 valence electrons. The van der Waals surface area contributed by atoms with E-state index in [1.165, 1.54) is 23.1 Å². The summed E-state index contributed by atoms with van der Waals surface area (Å²) in [5, 5.41) is 14.0. The van der Waals surface area contributed by atoms with Gasteiger partial charge < -0.3 is 20.3 Å². The second kappa shape index (κ2) is 10.6. The van der Waals surface area contributed by atoms with Gasteiger partial charge in [-0.3, -0.25) is 14.4 Å². The van der Waals surface area contributed by atoms with Gasteiger partial charge in [-0.05, 0) is 49.9 Å². The van der Waals surface area contributed by atoms with E-state index in [-0.39, 0.29) is 36.0 Å². The van der Waals surface area contributed by atoms with Crippen molar-refractivity contribution in [2.24, 2.45) is 5.92 Å². The lowest BCUT2D eigenvalue weighted by atomic mass is 10.1. The van der Waals surface area contributed by atoms with Crippen LogP contribution in [0.5, 0.6) is 0 Å². The molecule has 0 unspecified atom stereocenters. The van der Waals surface area contributed by atoms with Crippen LogP contribution in [0.25, 0.3) is 0 Å². The Balaban J connectivity index is 1.24. The number of aromatic nitrogens is 2. The van der Waals surface area contributed by atoms with Gasteiger partial charge in [0.1, 0.15) is 0 Å². The molecule has 0 saturated carbocycles. The maximum atomic E-state index is 12.7. The van der Waals surface area contributed by atoms with Crippen LogP contribution in [0.4, 0.5) is 10.8 Å². The Bertz CT molecular complexity index is 1040. The van der Waals surface area contributed by atoms with Crippen LogP contribution in [0.1, 0.15) is 30.4 Å². The molecule has 3 amide bonds. The van der Waals surface area contributed by atoms with E-state index in [4.69, 9.17) is 4.74 Å². The van der Waals surface area contributed by atoms with Crippen molar-refractivity contribution >= 4 is 51.6 Å².